The van der Waals surface area contributed by atoms with Crippen molar-refractivity contribution in [2.24, 2.45) is 0 Å². The summed E-state index contributed by atoms with van der Waals surface area (Å²) < 4.78 is 64.1. The van der Waals surface area contributed by atoms with E-state index in [0.29, 0.717) is 6.07 Å². The van der Waals surface area contributed by atoms with Gasteiger partial charge in [0.25, 0.3) is 6.43 Å². The van der Waals surface area contributed by atoms with Crippen LogP contribution in [0.15, 0.2) is 6.07 Å². The van der Waals surface area contributed by atoms with Crippen LogP contribution in [0.5, 0.6) is 5.88 Å². The Bertz CT molecular complexity index is 550. The van der Waals surface area contributed by atoms with Crippen LogP contribution in [-0.2, 0) is 0 Å². The van der Waals surface area contributed by atoms with E-state index in [4.69, 9.17) is 10.4 Å². The highest BCUT2D eigenvalue weighted by Gasteiger charge is 2.34. The lowest BCUT2D eigenvalue weighted by atomic mass is 10.1. The number of nitrogens with zero attached hydrogens (tertiary/aromatic N) is 2. The minimum absolute atomic E-state index is 0.322. The van der Waals surface area contributed by atoms with Crippen molar-refractivity contribution < 1.29 is 36.6 Å². The molecule has 0 bridgehead atoms. The Kier molecular flexibility index (Phi) is 3.89. The predicted octanol–water partition coefficient (Wildman–Crippen LogP) is 2.49. The van der Waals surface area contributed by atoms with Crippen LogP contribution >= 0.6 is 0 Å². The van der Waals surface area contributed by atoms with Gasteiger partial charge >= 0.3 is 12.3 Å². The maximum absolute atomic E-state index is 12.5. The van der Waals surface area contributed by atoms with E-state index in [2.05, 4.69) is 9.72 Å². The Labute approximate surface area is 101 Å². The van der Waals surface area contributed by atoms with Gasteiger partial charge in [-0.3, -0.25) is 0 Å². The van der Waals surface area contributed by atoms with Crippen molar-refractivity contribution >= 4 is 5.97 Å². The zero-order chi connectivity index (χ0) is 14.8. The number of carbonyl (C=O) groups is 1. The zero-order valence-electron chi connectivity index (χ0n) is 8.70. The molecule has 0 aromatic carbocycles. The molecule has 0 atom stereocenters. The minimum Gasteiger partial charge on any atom is -0.478 e. The van der Waals surface area contributed by atoms with Crippen molar-refractivity contribution in [3.05, 3.63) is 22.9 Å². The summed E-state index contributed by atoms with van der Waals surface area (Å²) in [6, 6.07) is 1.52. The molecule has 0 radical (unpaired) electrons. The quantitative estimate of drug-likeness (QED) is 0.861. The normalized spacial score (nSPS) is 11.2. The van der Waals surface area contributed by atoms with Crippen LogP contribution in [-0.4, -0.2) is 22.4 Å². The number of nitriles is 1. The molecule has 1 N–H and O–H groups in total. The third-order valence-electron chi connectivity index (χ3n) is 1.79. The van der Waals surface area contributed by atoms with Crippen LogP contribution in [0.1, 0.15) is 28.0 Å². The first-order chi connectivity index (χ1) is 8.65. The molecule has 1 aromatic heterocycles. The third-order valence-corrected chi connectivity index (χ3v) is 1.79. The fourth-order valence-electron chi connectivity index (χ4n) is 1.18. The standard InChI is InChI=1S/C9H3F5N2O3/c10-7(11)6-5(8(17)18)3(2-15)1-4(16-6)19-9(12,13)14/h1,7H,(H,17,18). The number of aromatic nitrogens is 1. The molecule has 19 heavy (non-hydrogen) atoms. The van der Waals surface area contributed by atoms with Crippen LogP contribution in [0.2, 0.25) is 0 Å². The lowest BCUT2D eigenvalue weighted by Gasteiger charge is -2.11. The number of pyridine rings is 1. The second-order valence-electron chi connectivity index (χ2n) is 3.03. The second kappa shape index (κ2) is 5.05. The molecule has 1 aromatic rings. The van der Waals surface area contributed by atoms with Gasteiger partial charge < -0.3 is 9.84 Å². The van der Waals surface area contributed by atoms with Gasteiger partial charge in [-0.25, -0.2) is 18.6 Å². The van der Waals surface area contributed by atoms with Crippen molar-refractivity contribution in [2.45, 2.75) is 12.8 Å². The summed E-state index contributed by atoms with van der Waals surface area (Å²) in [4.78, 5) is 13.5. The molecule has 0 saturated heterocycles. The van der Waals surface area contributed by atoms with E-state index in [1.54, 1.807) is 0 Å². The first-order valence-electron chi connectivity index (χ1n) is 4.38. The Balaban J connectivity index is 3.46. The summed E-state index contributed by atoms with van der Waals surface area (Å²) in [7, 11) is 0. The van der Waals surface area contributed by atoms with Crippen molar-refractivity contribution in [3.63, 3.8) is 0 Å². The summed E-state index contributed by atoms with van der Waals surface area (Å²) in [5.41, 5.74) is -3.53. The maximum Gasteiger partial charge on any atom is 0.574 e. The van der Waals surface area contributed by atoms with Gasteiger partial charge in [0.05, 0.1) is 5.56 Å². The molecule has 0 fully saturated rings. The Hall–Kier alpha value is -2.44. The highest BCUT2D eigenvalue weighted by molar-refractivity contribution is 5.92. The fourth-order valence-corrected chi connectivity index (χ4v) is 1.18. The van der Waals surface area contributed by atoms with E-state index < -0.39 is 41.5 Å². The van der Waals surface area contributed by atoms with Crippen LogP contribution < -0.4 is 4.74 Å². The van der Waals surface area contributed by atoms with Gasteiger partial charge in [0.1, 0.15) is 17.3 Å². The van der Waals surface area contributed by atoms with Crippen LogP contribution in [0, 0.1) is 11.3 Å². The fraction of sp³-hybridized carbons (Fsp3) is 0.222. The van der Waals surface area contributed by atoms with E-state index in [9.17, 15) is 26.7 Å². The second-order valence-corrected chi connectivity index (χ2v) is 3.03. The van der Waals surface area contributed by atoms with Gasteiger partial charge in [-0.2, -0.15) is 5.26 Å². The molecule has 5 nitrogen and oxygen atoms in total. The van der Waals surface area contributed by atoms with Crippen molar-refractivity contribution in [1.82, 2.24) is 4.98 Å². The van der Waals surface area contributed by atoms with Crippen molar-refractivity contribution in [1.29, 1.82) is 5.26 Å². The summed E-state index contributed by atoms with van der Waals surface area (Å²) >= 11 is 0. The largest absolute Gasteiger partial charge is 0.574 e. The molecule has 10 heteroatoms. The highest BCUT2D eigenvalue weighted by Crippen LogP contribution is 2.29. The SMILES string of the molecule is N#Cc1cc(OC(F)(F)F)nc(C(F)F)c1C(=O)O. The average Bonchev–Trinajstić information content (AvgIpc) is 2.24. The number of ether oxygens (including phenoxy) is 1. The van der Waals surface area contributed by atoms with Gasteiger partial charge in [0, 0.05) is 6.07 Å². The molecular formula is C9H3F5N2O3. The number of carboxylic acids is 1. The van der Waals surface area contributed by atoms with Crippen molar-refractivity contribution in [3.8, 4) is 11.9 Å². The van der Waals surface area contributed by atoms with Gasteiger partial charge in [0.2, 0.25) is 5.88 Å². The van der Waals surface area contributed by atoms with Gasteiger partial charge in [-0.1, -0.05) is 0 Å². The summed E-state index contributed by atoms with van der Waals surface area (Å²) in [5, 5.41) is 17.2. The zero-order valence-corrected chi connectivity index (χ0v) is 8.70. The third kappa shape index (κ3) is 3.51. The first-order valence-corrected chi connectivity index (χ1v) is 4.38. The molecular weight excluding hydrogens is 279 g/mol. The lowest BCUT2D eigenvalue weighted by molar-refractivity contribution is -0.276. The number of aromatic carboxylic acids is 1. The highest BCUT2D eigenvalue weighted by atomic mass is 19.4. The van der Waals surface area contributed by atoms with E-state index in [1.807, 2.05) is 0 Å². The summed E-state index contributed by atoms with van der Waals surface area (Å²) in [6.45, 7) is 0. The predicted molar refractivity (Wildman–Crippen MR) is 47.6 cm³/mol. The van der Waals surface area contributed by atoms with Gasteiger partial charge in [-0.15, -0.1) is 13.2 Å². The Morgan fingerprint density at radius 2 is 2.05 bits per heavy atom. The number of hydrogen-bond acceptors (Lipinski definition) is 4. The van der Waals surface area contributed by atoms with E-state index in [0.717, 1.165) is 0 Å². The molecule has 1 heterocycles. The van der Waals surface area contributed by atoms with Crippen LogP contribution in [0.4, 0.5) is 22.0 Å². The summed E-state index contributed by atoms with van der Waals surface area (Å²) in [6.07, 6.45) is -8.68. The number of alkyl halides is 5. The van der Waals surface area contributed by atoms with Crippen LogP contribution in [0.3, 0.4) is 0 Å². The van der Waals surface area contributed by atoms with Gasteiger partial charge in [0.15, 0.2) is 0 Å². The van der Waals surface area contributed by atoms with Crippen molar-refractivity contribution in [2.75, 3.05) is 0 Å². The number of carboxylic acid groups (broad SMARTS) is 1. The van der Waals surface area contributed by atoms with Gasteiger partial charge in [-0.05, 0) is 0 Å². The Morgan fingerprint density at radius 3 is 2.42 bits per heavy atom. The number of rotatable bonds is 3. The molecule has 0 aliphatic rings. The minimum atomic E-state index is -5.20. The molecule has 0 aliphatic carbocycles. The number of hydrogen-bond donors (Lipinski definition) is 1. The molecule has 0 saturated carbocycles. The average molecular weight is 282 g/mol. The Morgan fingerprint density at radius 1 is 1.47 bits per heavy atom. The smallest absolute Gasteiger partial charge is 0.478 e. The summed E-state index contributed by atoms with van der Waals surface area (Å²) in [5.74, 6) is -3.23. The first kappa shape index (κ1) is 14.6. The molecule has 0 unspecified atom stereocenters. The topological polar surface area (TPSA) is 83.2 Å². The lowest BCUT2D eigenvalue weighted by Crippen LogP contribution is -2.19. The van der Waals surface area contributed by atoms with E-state index >= 15 is 0 Å². The number of halogens is 5. The molecule has 1 rings (SSSR count). The molecule has 0 spiro atoms. The van der Waals surface area contributed by atoms with Crippen LogP contribution in [0.25, 0.3) is 0 Å². The van der Waals surface area contributed by atoms with E-state index in [-0.39, 0.29) is 0 Å². The van der Waals surface area contributed by atoms with E-state index in [1.165, 1.54) is 6.07 Å². The molecule has 0 aliphatic heterocycles. The maximum atomic E-state index is 12.5. The molecule has 0 amide bonds. The molecule has 102 valence electrons. The monoisotopic (exact) mass is 282 g/mol.